The molecule has 18 heavy (non-hydrogen) atoms. The molecular formula is C13H18ClNO2S. The van der Waals surface area contributed by atoms with Gasteiger partial charge in [-0.1, -0.05) is 26.0 Å². The van der Waals surface area contributed by atoms with Gasteiger partial charge in [0.25, 0.3) is 0 Å². The predicted molar refractivity (Wildman–Crippen MR) is 73.1 cm³/mol. The molecule has 2 atom stereocenters. The van der Waals surface area contributed by atoms with Gasteiger partial charge in [-0.25, -0.2) is 8.42 Å². The molecule has 1 aromatic carbocycles. The monoisotopic (exact) mass is 287 g/mol. The van der Waals surface area contributed by atoms with E-state index in [4.69, 9.17) is 11.6 Å². The van der Waals surface area contributed by atoms with E-state index in [1.54, 1.807) is 22.5 Å². The molecule has 0 aliphatic carbocycles. The van der Waals surface area contributed by atoms with Crippen LogP contribution in [0.3, 0.4) is 0 Å². The van der Waals surface area contributed by atoms with Crippen LogP contribution in [0.15, 0.2) is 29.2 Å². The number of nitrogens with zero attached hydrogens (tertiary/aromatic N) is 1. The fourth-order valence-corrected chi connectivity index (χ4v) is 4.09. The minimum Gasteiger partial charge on any atom is -0.207 e. The van der Waals surface area contributed by atoms with Crippen LogP contribution < -0.4 is 0 Å². The Bertz CT molecular complexity index is 520. The maximum absolute atomic E-state index is 12.5. The summed E-state index contributed by atoms with van der Waals surface area (Å²) in [6.45, 7) is 5.40. The van der Waals surface area contributed by atoms with E-state index in [0.29, 0.717) is 35.7 Å². The third-order valence-electron chi connectivity index (χ3n) is 3.65. The normalized spacial score (nSPS) is 25.5. The second-order valence-corrected chi connectivity index (χ2v) is 7.26. The summed E-state index contributed by atoms with van der Waals surface area (Å²) < 4.78 is 26.5. The summed E-state index contributed by atoms with van der Waals surface area (Å²) in [6, 6.07) is 6.88. The lowest BCUT2D eigenvalue weighted by molar-refractivity contribution is 0.463. The first kappa shape index (κ1) is 13.8. The van der Waals surface area contributed by atoms with Crippen molar-refractivity contribution in [3.63, 3.8) is 0 Å². The van der Waals surface area contributed by atoms with Crippen LogP contribution in [-0.4, -0.2) is 25.8 Å². The zero-order valence-corrected chi connectivity index (χ0v) is 12.2. The summed E-state index contributed by atoms with van der Waals surface area (Å²) in [4.78, 5) is 0.349. The lowest BCUT2D eigenvalue weighted by Crippen LogP contribution is -2.29. The summed E-state index contributed by atoms with van der Waals surface area (Å²) >= 11 is 5.75. The number of halogens is 1. The van der Waals surface area contributed by atoms with Crippen molar-refractivity contribution in [3.8, 4) is 0 Å². The standard InChI is InChI=1S/C13H18ClNO2S/c1-10-8-15(9-11(10)2)18(16,17)13-5-3-4-12(6-13)7-14/h3-6,10-11H,7-9H2,1-2H3. The molecular weight excluding hydrogens is 270 g/mol. The maximum Gasteiger partial charge on any atom is 0.243 e. The largest absolute Gasteiger partial charge is 0.243 e. The second-order valence-electron chi connectivity index (χ2n) is 5.06. The average Bonchev–Trinajstić information content (AvgIpc) is 2.70. The molecule has 100 valence electrons. The summed E-state index contributed by atoms with van der Waals surface area (Å²) in [7, 11) is -3.36. The van der Waals surface area contributed by atoms with Gasteiger partial charge in [0.2, 0.25) is 10.0 Å². The first-order valence-electron chi connectivity index (χ1n) is 6.10. The molecule has 1 aliphatic rings. The molecule has 3 nitrogen and oxygen atoms in total. The van der Waals surface area contributed by atoms with E-state index in [9.17, 15) is 8.42 Å². The van der Waals surface area contributed by atoms with Gasteiger partial charge in [-0.15, -0.1) is 11.6 Å². The summed E-state index contributed by atoms with van der Waals surface area (Å²) in [5, 5.41) is 0. The number of benzene rings is 1. The van der Waals surface area contributed by atoms with Crippen molar-refractivity contribution in [2.45, 2.75) is 24.6 Å². The highest BCUT2D eigenvalue weighted by Gasteiger charge is 2.34. The van der Waals surface area contributed by atoms with Gasteiger partial charge in [0.15, 0.2) is 0 Å². The Morgan fingerprint density at radius 1 is 1.28 bits per heavy atom. The molecule has 0 N–H and O–H groups in total. The lowest BCUT2D eigenvalue weighted by Gasteiger charge is -2.16. The van der Waals surface area contributed by atoms with Gasteiger partial charge in [0, 0.05) is 19.0 Å². The molecule has 0 bridgehead atoms. The molecule has 5 heteroatoms. The van der Waals surface area contributed by atoms with Crippen LogP contribution in [0.4, 0.5) is 0 Å². The SMILES string of the molecule is CC1CN(S(=O)(=O)c2cccc(CCl)c2)CC1C. The molecule has 1 aliphatic heterocycles. The number of hydrogen-bond donors (Lipinski definition) is 0. The van der Waals surface area contributed by atoms with Crippen LogP contribution in [-0.2, 0) is 15.9 Å². The van der Waals surface area contributed by atoms with Crippen molar-refractivity contribution in [1.82, 2.24) is 4.31 Å². The number of rotatable bonds is 3. The van der Waals surface area contributed by atoms with Crippen molar-refractivity contribution in [2.75, 3.05) is 13.1 Å². The molecule has 1 saturated heterocycles. The fourth-order valence-electron chi connectivity index (χ4n) is 2.21. The Labute approximate surface area is 114 Å². The van der Waals surface area contributed by atoms with Gasteiger partial charge in [-0.05, 0) is 29.5 Å². The molecule has 1 heterocycles. The number of sulfonamides is 1. The molecule has 0 spiro atoms. The molecule has 0 radical (unpaired) electrons. The van der Waals surface area contributed by atoms with E-state index in [0.717, 1.165) is 5.56 Å². The lowest BCUT2D eigenvalue weighted by atomic mass is 10.0. The fraction of sp³-hybridized carbons (Fsp3) is 0.538. The van der Waals surface area contributed by atoms with Gasteiger partial charge in [-0.2, -0.15) is 4.31 Å². The third kappa shape index (κ3) is 2.56. The topological polar surface area (TPSA) is 37.4 Å². The van der Waals surface area contributed by atoms with E-state index in [1.807, 2.05) is 6.07 Å². The Morgan fingerprint density at radius 3 is 2.44 bits per heavy atom. The van der Waals surface area contributed by atoms with Crippen LogP contribution in [0.1, 0.15) is 19.4 Å². The molecule has 2 rings (SSSR count). The summed E-state index contributed by atoms with van der Waals surface area (Å²) in [6.07, 6.45) is 0. The molecule has 0 saturated carbocycles. The van der Waals surface area contributed by atoms with E-state index in [1.165, 1.54) is 0 Å². The minimum atomic E-state index is -3.36. The van der Waals surface area contributed by atoms with Crippen LogP contribution >= 0.6 is 11.6 Å². The van der Waals surface area contributed by atoms with Gasteiger partial charge in [0.1, 0.15) is 0 Å². The van der Waals surface area contributed by atoms with Gasteiger partial charge in [-0.3, -0.25) is 0 Å². The highest BCUT2D eigenvalue weighted by Crippen LogP contribution is 2.28. The minimum absolute atomic E-state index is 0.330. The predicted octanol–water partition coefficient (Wildman–Crippen LogP) is 2.70. The molecule has 0 aromatic heterocycles. The average molecular weight is 288 g/mol. The Morgan fingerprint density at radius 2 is 1.89 bits per heavy atom. The van der Waals surface area contributed by atoms with Crippen molar-refractivity contribution in [3.05, 3.63) is 29.8 Å². The van der Waals surface area contributed by atoms with Crippen molar-refractivity contribution in [1.29, 1.82) is 0 Å². The molecule has 0 amide bonds. The first-order valence-corrected chi connectivity index (χ1v) is 8.07. The zero-order valence-electron chi connectivity index (χ0n) is 10.6. The molecule has 1 fully saturated rings. The van der Waals surface area contributed by atoms with E-state index < -0.39 is 10.0 Å². The third-order valence-corrected chi connectivity index (χ3v) is 5.78. The van der Waals surface area contributed by atoms with Crippen LogP contribution in [0.2, 0.25) is 0 Å². The Balaban J connectivity index is 2.31. The number of hydrogen-bond acceptors (Lipinski definition) is 2. The number of alkyl halides is 1. The van der Waals surface area contributed by atoms with Crippen molar-refractivity contribution >= 4 is 21.6 Å². The van der Waals surface area contributed by atoms with Gasteiger partial charge >= 0.3 is 0 Å². The van der Waals surface area contributed by atoms with E-state index >= 15 is 0 Å². The Hall–Kier alpha value is -0.580. The first-order chi connectivity index (χ1) is 8.45. The zero-order chi connectivity index (χ0) is 13.3. The van der Waals surface area contributed by atoms with Crippen LogP contribution in [0.25, 0.3) is 0 Å². The van der Waals surface area contributed by atoms with Gasteiger partial charge in [0.05, 0.1) is 4.90 Å². The molecule has 1 aromatic rings. The maximum atomic E-state index is 12.5. The smallest absolute Gasteiger partial charge is 0.207 e. The quantitative estimate of drug-likeness (QED) is 0.802. The second kappa shape index (κ2) is 5.19. The van der Waals surface area contributed by atoms with Crippen LogP contribution in [0.5, 0.6) is 0 Å². The van der Waals surface area contributed by atoms with E-state index in [-0.39, 0.29) is 0 Å². The van der Waals surface area contributed by atoms with E-state index in [2.05, 4.69) is 13.8 Å². The Kier molecular flexibility index (Phi) is 3.99. The summed E-state index contributed by atoms with van der Waals surface area (Å²) in [5.74, 6) is 1.16. The highest BCUT2D eigenvalue weighted by molar-refractivity contribution is 7.89. The van der Waals surface area contributed by atoms with Crippen molar-refractivity contribution in [2.24, 2.45) is 11.8 Å². The van der Waals surface area contributed by atoms with Crippen LogP contribution in [0, 0.1) is 11.8 Å². The summed E-state index contributed by atoms with van der Waals surface area (Å²) in [5.41, 5.74) is 0.832. The highest BCUT2D eigenvalue weighted by atomic mass is 35.5. The van der Waals surface area contributed by atoms with Gasteiger partial charge < -0.3 is 0 Å². The molecule has 2 unspecified atom stereocenters. The van der Waals surface area contributed by atoms with Crippen molar-refractivity contribution < 1.29 is 8.42 Å².